The second-order valence-corrected chi connectivity index (χ2v) is 8.21. The second-order valence-electron chi connectivity index (χ2n) is 7.18. The molecular formula is C20H24F3N3O4S. The van der Waals surface area contributed by atoms with Gasteiger partial charge in [0.2, 0.25) is 5.91 Å². The molecule has 3 heterocycles. The normalized spacial score (nSPS) is 14.1. The average Bonchev–Trinajstić information content (AvgIpc) is 3.10. The fourth-order valence-corrected chi connectivity index (χ4v) is 3.82. The number of hydrogen-bond donors (Lipinski definition) is 1. The third kappa shape index (κ3) is 7.21. The van der Waals surface area contributed by atoms with Crippen LogP contribution in [0, 0.1) is 0 Å². The lowest BCUT2D eigenvalue weighted by molar-refractivity contribution is -0.192. The third-order valence-electron chi connectivity index (χ3n) is 4.75. The van der Waals surface area contributed by atoms with Gasteiger partial charge in [-0.15, -0.1) is 11.3 Å². The lowest BCUT2D eigenvalue weighted by Gasteiger charge is -2.19. The van der Waals surface area contributed by atoms with Gasteiger partial charge in [0.05, 0.1) is 0 Å². The Kier molecular flexibility index (Phi) is 8.40. The van der Waals surface area contributed by atoms with Crippen LogP contribution < -0.4 is 5.56 Å². The molecule has 2 aromatic heterocycles. The number of aliphatic carboxylic acids is 1. The smallest absolute Gasteiger partial charge is 0.475 e. The molecule has 0 saturated heterocycles. The van der Waals surface area contributed by atoms with Crippen LogP contribution in [0.1, 0.15) is 16.1 Å². The van der Waals surface area contributed by atoms with E-state index in [1.54, 1.807) is 36.1 Å². The molecule has 11 heteroatoms. The van der Waals surface area contributed by atoms with Crippen molar-refractivity contribution in [3.05, 3.63) is 56.1 Å². The highest BCUT2D eigenvalue weighted by Crippen LogP contribution is 2.18. The fourth-order valence-electron chi connectivity index (χ4n) is 3.07. The van der Waals surface area contributed by atoms with E-state index in [0.29, 0.717) is 0 Å². The van der Waals surface area contributed by atoms with Gasteiger partial charge in [-0.1, -0.05) is 12.1 Å². The van der Waals surface area contributed by atoms with Crippen molar-refractivity contribution in [3.63, 3.8) is 0 Å². The predicted molar refractivity (Wildman–Crippen MR) is 110 cm³/mol. The van der Waals surface area contributed by atoms with E-state index in [-0.39, 0.29) is 18.0 Å². The Bertz CT molecular complexity index is 956. The molecule has 0 radical (unpaired) electrons. The molecule has 31 heavy (non-hydrogen) atoms. The number of carboxylic acids is 1. The van der Waals surface area contributed by atoms with E-state index >= 15 is 0 Å². The minimum Gasteiger partial charge on any atom is -0.475 e. The van der Waals surface area contributed by atoms with Crippen molar-refractivity contribution in [3.8, 4) is 0 Å². The van der Waals surface area contributed by atoms with Crippen molar-refractivity contribution >= 4 is 23.2 Å². The molecule has 0 aromatic carbocycles. The van der Waals surface area contributed by atoms with Crippen molar-refractivity contribution < 1.29 is 27.9 Å². The molecule has 0 fully saturated rings. The molecule has 1 amide bonds. The second kappa shape index (κ2) is 10.6. The number of pyridine rings is 1. The number of likely N-dealkylation sites (N-methyl/N-ethyl adjacent to an activating group) is 1. The first kappa shape index (κ1) is 24.6. The number of carbonyl (C=O) groups is 2. The van der Waals surface area contributed by atoms with E-state index in [0.717, 1.165) is 38.2 Å². The van der Waals surface area contributed by atoms with E-state index < -0.39 is 12.1 Å². The van der Waals surface area contributed by atoms with E-state index in [9.17, 15) is 22.8 Å². The van der Waals surface area contributed by atoms with Gasteiger partial charge in [-0.3, -0.25) is 14.5 Å². The zero-order chi connectivity index (χ0) is 23.2. The van der Waals surface area contributed by atoms with Gasteiger partial charge in [0.1, 0.15) is 6.54 Å². The van der Waals surface area contributed by atoms with E-state index in [1.165, 1.54) is 15.3 Å². The molecule has 170 valence electrons. The molecule has 0 unspecified atom stereocenters. The summed E-state index contributed by atoms with van der Waals surface area (Å²) in [5, 5.41) is 9.23. The minimum absolute atomic E-state index is 0.0508. The molecule has 2 aromatic rings. The van der Waals surface area contributed by atoms with Crippen molar-refractivity contribution in [2.75, 3.05) is 27.2 Å². The molecule has 1 aliphatic rings. The molecule has 1 aliphatic heterocycles. The summed E-state index contributed by atoms with van der Waals surface area (Å²) in [6, 6.07) is 7.77. The highest BCUT2D eigenvalue weighted by molar-refractivity contribution is 7.09. The van der Waals surface area contributed by atoms with Crippen LogP contribution in [-0.4, -0.2) is 64.7 Å². The fraction of sp³-hybridized carbons (Fsp3) is 0.450. The molecule has 0 aliphatic carbocycles. The van der Waals surface area contributed by atoms with Crippen LogP contribution in [0.15, 0.2) is 34.4 Å². The van der Waals surface area contributed by atoms with Gasteiger partial charge < -0.3 is 14.6 Å². The zero-order valence-electron chi connectivity index (χ0n) is 17.2. The standard InChI is InChI=1S/C18H23N3O2S.C2HF3O2/c1-19(2)18(23)13-21-16-8-10-20(12-15-4-3-11-24-15)9-7-14(16)5-6-17(21)22;3-2(4,5)1(6)7/h3-6,11H,7-10,12-13H2,1-2H3;(H,6,7). The van der Waals surface area contributed by atoms with Crippen LogP contribution in [0.5, 0.6) is 0 Å². The summed E-state index contributed by atoms with van der Waals surface area (Å²) >= 11 is 1.78. The molecule has 0 atom stereocenters. The first-order chi connectivity index (χ1) is 14.5. The number of alkyl halides is 3. The van der Waals surface area contributed by atoms with Crippen LogP contribution in [0.4, 0.5) is 13.2 Å². The summed E-state index contributed by atoms with van der Waals surface area (Å²) in [6.07, 6.45) is -3.37. The highest BCUT2D eigenvalue weighted by Gasteiger charge is 2.38. The topological polar surface area (TPSA) is 82.9 Å². The van der Waals surface area contributed by atoms with Crippen LogP contribution in [0.25, 0.3) is 0 Å². The predicted octanol–water partition coefficient (Wildman–Crippen LogP) is 2.23. The summed E-state index contributed by atoms with van der Waals surface area (Å²) in [6.45, 7) is 2.96. The van der Waals surface area contributed by atoms with Crippen molar-refractivity contribution in [2.45, 2.75) is 32.1 Å². The summed E-state index contributed by atoms with van der Waals surface area (Å²) in [5.74, 6) is -2.81. The number of carbonyl (C=O) groups excluding carboxylic acids is 1. The maximum atomic E-state index is 12.3. The SMILES string of the molecule is CN(C)C(=O)Cn1c2c(ccc1=O)CCN(Cc1cccs1)CC2.O=C(O)C(F)(F)F. The summed E-state index contributed by atoms with van der Waals surface area (Å²) in [7, 11) is 3.44. The quantitative estimate of drug-likeness (QED) is 0.758. The number of rotatable bonds is 4. The average molecular weight is 459 g/mol. The first-order valence-electron chi connectivity index (χ1n) is 9.45. The Morgan fingerprint density at radius 1 is 1.16 bits per heavy atom. The van der Waals surface area contributed by atoms with Crippen molar-refractivity contribution in [2.24, 2.45) is 0 Å². The molecule has 0 spiro atoms. The number of amides is 1. The van der Waals surface area contributed by atoms with Gasteiger partial charge in [0, 0.05) is 56.8 Å². The number of fused-ring (bicyclic) bond motifs is 1. The number of thiophene rings is 1. The van der Waals surface area contributed by atoms with Crippen molar-refractivity contribution in [1.82, 2.24) is 14.4 Å². The van der Waals surface area contributed by atoms with Crippen LogP contribution >= 0.6 is 11.3 Å². The Morgan fingerprint density at radius 3 is 2.35 bits per heavy atom. The Labute approximate surface area is 181 Å². The lowest BCUT2D eigenvalue weighted by Crippen LogP contribution is -2.33. The van der Waals surface area contributed by atoms with Crippen LogP contribution in [-0.2, 0) is 35.5 Å². The molecule has 0 bridgehead atoms. The summed E-state index contributed by atoms with van der Waals surface area (Å²) < 4.78 is 33.4. The molecule has 0 saturated carbocycles. The lowest BCUT2D eigenvalue weighted by atomic mass is 10.1. The third-order valence-corrected chi connectivity index (χ3v) is 5.61. The largest absolute Gasteiger partial charge is 0.490 e. The Hall–Kier alpha value is -2.66. The van der Waals surface area contributed by atoms with E-state index in [2.05, 4.69) is 22.4 Å². The number of hydrogen-bond acceptors (Lipinski definition) is 5. The van der Waals surface area contributed by atoms with Gasteiger partial charge in [-0.05, 0) is 23.4 Å². The van der Waals surface area contributed by atoms with E-state index in [4.69, 9.17) is 9.90 Å². The minimum atomic E-state index is -5.08. The maximum Gasteiger partial charge on any atom is 0.490 e. The maximum absolute atomic E-state index is 12.3. The van der Waals surface area contributed by atoms with Crippen molar-refractivity contribution in [1.29, 1.82) is 0 Å². The van der Waals surface area contributed by atoms with Gasteiger partial charge in [0.25, 0.3) is 5.56 Å². The Morgan fingerprint density at radius 2 is 1.81 bits per heavy atom. The zero-order valence-corrected chi connectivity index (χ0v) is 18.0. The number of halogens is 3. The summed E-state index contributed by atoms with van der Waals surface area (Å²) in [4.78, 5) is 38.6. The molecular weight excluding hydrogens is 435 g/mol. The van der Waals surface area contributed by atoms with Gasteiger partial charge in [-0.25, -0.2) is 4.79 Å². The number of nitrogens with zero attached hydrogens (tertiary/aromatic N) is 3. The summed E-state index contributed by atoms with van der Waals surface area (Å²) in [5.41, 5.74) is 2.12. The molecule has 1 N–H and O–H groups in total. The van der Waals surface area contributed by atoms with Crippen LogP contribution in [0.2, 0.25) is 0 Å². The number of aromatic nitrogens is 1. The van der Waals surface area contributed by atoms with E-state index in [1.807, 2.05) is 6.07 Å². The van der Waals surface area contributed by atoms with Gasteiger partial charge >= 0.3 is 12.1 Å². The van der Waals surface area contributed by atoms with Crippen LogP contribution in [0.3, 0.4) is 0 Å². The molecule has 7 nitrogen and oxygen atoms in total. The highest BCUT2D eigenvalue weighted by atomic mass is 32.1. The van der Waals surface area contributed by atoms with Gasteiger partial charge in [0.15, 0.2) is 0 Å². The number of carboxylic acid groups (broad SMARTS) is 1. The first-order valence-corrected chi connectivity index (χ1v) is 10.3. The Balaban J connectivity index is 0.000000423. The van der Waals surface area contributed by atoms with Gasteiger partial charge in [-0.2, -0.15) is 13.2 Å². The molecule has 3 rings (SSSR count). The monoisotopic (exact) mass is 459 g/mol.